The second-order valence-corrected chi connectivity index (χ2v) is 3.90. The van der Waals surface area contributed by atoms with Gasteiger partial charge in [0.05, 0.1) is 6.61 Å². The van der Waals surface area contributed by atoms with Crippen LogP contribution in [0.1, 0.15) is 19.5 Å². The summed E-state index contributed by atoms with van der Waals surface area (Å²) in [7, 11) is 1.60. The predicted molar refractivity (Wildman–Crippen MR) is 69.4 cm³/mol. The van der Waals surface area contributed by atoms with Gasteiger partial charge in [0, 0.05) is 25.4 Å². The Hall–Kier alpha value is -1.69. The monoisotopic (exact) mass is 252 g/mol. The number of aryl methyl sites for hydroxylation is 1. The van der Waals surface area contributed by atoms with Gasteiger partial charge in [0.1, 0.15) is 18.2 Å². The van der Waals surface area contributed by atoms with Crippen LogP contribution in [0.2, 0.25) is 0 Å². The maximum atomic E-state index is 11.7. The van der Waals surface area contributed by atoms with Gasteiger partial charge in [-0.2, -0.15) is 0 Å². The Morgan fingerprint density at radius 3 is 2.94 bits per heavy atom. The molecule has 0 bridgehead atoms. The standard InChI is InChI=1S/C12H20N4O2/c1-4-10-7-11(15-8-14-10)16-9(2)12(17)13-5-6-18-3/h7-9H,4-6H2,1-3H3,(H,13,17)(H,14,15,16). The van der Waals surface area contributed by atoms with E-state index in [1.54, 1.807) is 14.0 Å². The van der Waals surface area contributed by atoms with Crippen molar-refractivity contribution in [2.75, 3.05) is 25.6 Å². The number of carbonyl (C=O) groups excluding carboxylic acids is 1. The summed E-state index contributed by atoms with van der Waals surface area (Å²) >= 11 is 0. The first-order valence-electron chi connectivity index (χ1n) is 6.01. The number of carbonyl (C=O) groups is 1. The van der Waals surface area contributed by atoms with Crippen LogP contribution in [0.5, 0.6) is 0 Å². The molecule has 1 aromatic rings. The highest BCUT2D eigenvalue weighted by Gasteiger charge is 2.12. The van der Waals surface area contributed by atoms with Crippen molar-refractivity contribution in [2.45, 2.75) is 26.3 Å². The third-order valence-electron chi connectivity index (χ3n) is 2.45. The molecule has 1 unspecified atom stereocenters. The molecule has 0 spiro atoms. The summed E-state index contributed by atoms with van der Waals surface area (Å²) in [6.07, 6.45) is 2.34. The van der Waals surface area contributed by atoms with Gasteiger partial charge in [-0.3, -0.25) is 4.79 Å². The van der Waals surface area contributed by atoms with E-state index in [1.165, 1.54) is 6.33 Å². The molecule has 1 rings (SSSR count). The average Bonchev–Trinajstić information content (AvgIpc) is 2.39. The lowest BCUT2D eigenvalue weighted by molar-refractivity contribution is -0.121. The Bertz CT molecular complexity index is 384. The summed E-state index contributed by atoms with van der Waals surface area (Å²) in [5.74, 6) is 0.583. The molecule has 0 radical (unpaired) electrons. The minimum atomic E-state index is -0.346. The summed E-state index contributed by atoms with van der Waals surface area (Å²) in [4.78, 5) is 19.9. The summed E-state index contributed by atoms with van der Waals surface area (Å²) in [6.45, 7) is 4.82. The van der Waals surface area contributed by atoms with Gasteiger partial charge in [0.25, 0.3) is 0 Å². The van der Waals surface area contributed by atoms with Crippen LogP contribution in [0.25, 0.3) is 0 Å². The number of hydrogen-bond donors (Lipinski definition) is 2. The highest BCUT2D eigenvalue weighted by atomic mass is 16.5. The molecule has 1 aromatic heterocycles. The number of hydrogen-bond acceptors (Lipinski definition) is 5. The Kier molecular flexibility index (Phi) is 6.07. The number of amides is 1. The molecule has 0 fully saturated rings. The molecule has 100 valence electrons. The van der Waals surface area contributed by atoms with Gasteiger partial charge >= 0.3 is 0 Å². The topological polar surface area (TPSA) is 76.1 Å². The first kappa shape index (κ1) is 14.4. The van der Waals surface area contributed by atoms with Gasteiger partial charge in [0.2, 0.25) is 5.91 Å². The number of nitrogens with zero attached hydrogens (tertiary/aromatic N) is 2. The molecule has 18 heavy (non-hydrogen) atoms. The first-order valence-corrected chi connectivity index (χ1v) is 6.01. The van der Waals surface area contributed by atoms with Crippen molar-refractivity contribution in [3.63, 3.8) is 0 Å². The van der Waals surface area contributed by atoms with Crippen LogP contribution in [0.3, 0.4) is 0 Å². The fourth-order valence-corrected chi connectivity index (χ4v) is 1.39. The Balaban J connectivity index is 2.47. The van der Waals surface area contributed by atoms with Crippen LogP contribution in [0, 0.1) is 0 Å². The van der Waals surface area contributed by atoms with Crippen LogP contribution in [-0.4, -0.2) is 42.2 Å². The lowest BCUT2D eigenvalue weighted by Crippen LogP contribution is -2.39. The molecule has 0 saturated heterocycles. The van der Waals surface area contributed by atoms with Gasteiger partial charge in [-0.05, 0) is 13.3 Å². The Morgan fingerprint density at radius 2 is 2.28 bits per heavy atom. The minimum absolute atomic E-state index is 0.0799. The largest absolute Gasteiger partial charge is 0.383 e. The van der Waals surface area contributed by atoms with Crippen molar-refractivity contribution in [3.8, 4) is 0 Å². The molecule has 1 amide bonds. The van der Waals surface area contributed by atoms with E-state index in [2.05, 4.69) is 20.6 Å². The number of aromatic nitrogens is 2. The van der Waals surface area contributed by atoms with Gasteiger partial charge in [-0.1, -0.05) is 6.92 Å². The molecule has 0 aliphatic rings. The zero-order valence-electron chi connectivity index (χ0n) is 11.1. The van der Waals surface area contributed by atoms with E-state index >= 15 is 0 Å². The first-order chi connectivity index (χ1) is 8.67. The second-order valence-electron chi connectivity index (χ2n) is 3.90. The van der Waals surface area contributed by atoms with E-state index in [-0.39, 0.29) is 11.9 Å². The van der Waals surface area contributed by atoms with Crippen molar-refractivity contribution in [2.24, 2.45) is 0 Å². The zero-order chi connectivity index (χ0) is 13.4. The normalized spacial score (nSPS) is 11.9. The molecular formula is C12H20N4O2. The number of ether oxygens (including phenoxy) is 1. The fourth-order valence-electron chi connectivity index (χ4n) is 1.39. The fraction of sp³-hybridized carbons (Fsp3) is 0.583. The molecule has 1 heterocycles. The number of anilines is 1. The van der Waals surface area contributed by atoms with E-state index in [1.807, 2.05) is 13.0 Å². The summed E-state index contributed by atoms with van der Waals surface area (Å²) in [6, 6.07) is 1.50. The van der Waals surface area contributed by atoms with Crippen molar-refractivity contribution >= 4 is 11.7 Å². The second kappa shape index (κ2) is 7.60. The molecule has 1 atom stereocenters. The third-order valence-corrected chi connectivity index (χ3v) is 2.45. The van der Waals surface area contributed by atoms with E-state index in [0.29, 0.717) is 19.0 Å². The molecule has 0 aliphatic carbocycles. The highest BCUT2D eigenvalue weighted by molar-refractivity contribution is 5.83. The molecule has 0 saturated carbocycles. The summed E-state index contributed by atoms with van der Waals surface area (Å²) in [5, 5.41) is 5.80. The van der Waals surface area contributed by atoms with Gasteiger partial charge in [-0.25, -0.2) is 9.97 Å². The molecule has 6 heteroatoms. The lowest BCUT2D eigenvalue weighted by atomic mass is 10.3. The summed E-state index contributed by atoms with van der Waals surface area (Å²) < 4.78 is 4.86. The van der Waals surface area contributed by atoms with Crippen molar-refractivity contribution < 1.29 is 9.53 Å². The quantitative estimate of drug-likeness (QED) is 0.695. The molecule has 6 nitrogen and oxygen atoms in total. The van der Waals surface area contributed by atoms with Crippen molar-refractivity contribution in [1.29, 1.82) is 0 Å². The van der Waals surface area contributed by atoms with E-state index in [9.17, 15) is 4.79 Å². The average molecular weight is 252 g/mol. The molecule has 2 N–H and O–H groups in total. The highest BCUT2D eigenvalue weighted by Crippen LogP contribution is 2.06. The van der Waals surface area contributed by atoms with Crippen LogP contribution >= 0.6 is 0 Å². The van der Waals surface area contributed by atoms with Gasteiger partial charge < -0.3 is 15.4 Å². The summed E-state index contributed by atoms with van der Waals surface area (Å²) in [5.41, 5.74) is 0.944. The number of rotatable bonds is 7. The smallest absolute Gasteiger partial charge is 0.242 e. The van der Waals surface area contributed by atoms with E-state index in [0.717, 1.165) is 12.1 Å². The minimum Gasteiger partial charge on any atom is -0.383 e. The lowest BCUT2D eigenvalue weighted by Gasteiger charge is -2.14. The zero-order valence-corrected chi connectivity index (χ0v) is 11.1. The van der Waals surface area contributed by atoms with Crippen LogP contribution in [0.4, 0.5) is 5.82 Å². The molecule has 0 aromatic carbocycles. The van der Waals surface area contributed by atoms with Gasteiger partial charge in [-0.15, -0.1) is 0 Å². The van der Waals surface area contributed by atoms with Crippen LogP contribution < -0.4 is 10.6 Å². The van der Waals surface area contributed by atoms with Gasteiger partial charge in [0.15, 0.2) is 0 Å². The predicted octanol–water partition coefficient (Wildman–Crippen LogP) is 0.602. The third kappa shape index (κ3) is 4.67. The SMILES string of the molecule is CCc1cc(NC(C)C(=O)NCCOC)ncn1. The van der Waals surface area contributed by atoms with E-state index < -0.39 is 0 Å². The van der Waals surface area contributed by atoms with Crippen molar-refractivity contribution in [3.05, 3.63) is 18.1 Å². The number of methoxy groups -OCH3 is 1. The Labute approximate surface area is 107 Å². The van der Waals surface area contributed by atoms with E-state index in [4.69, 9.17) is 4.74 Å². The van der Waals surface area contributed by atoms with Crippen LogP contribution in [-0.2, 0) is 16.0 Å². The van der Waals surface area contributed by atoms with Crippen LogP contribution in [0.15, 0.2) is 12.4 Å². The maximum Gasteiger partial charge on any atom is 0.242 e. The number of nitrogens with one attached hydrogen (secondary N) is 2. The molecular weight excluding hydrogens is 232 g/mol. The molecule has 0 aliphatic heterocycles. The Morgan fingerprint density at radius 1 is 1.50 bits per heavy atom. The van der Waals surface area contributed by atoms with Crippen molar-refractivity contribution in [1.82, 2.24) is 15.3 Å². The maximum absolute atomic E-state index is 11.7.